The van der Waals surface area contributed by atoms with Crippen LogP contribution in [-0.2, 0) is 22.1 Å². The van der Waals surface area contributed by atoms with Crippen LogP contribution in [0.5, 0.6) is 0 Å². The van der Waals surface area contributed by atoms with E-state index in [-0.39, 0.29) is 24.5 Å². The zero-order chi connectivity index (χ0) is 19.8. The Balaban J connectivity index is 2.26. The summed E-state index contributed by atoms with van der Waals surface area (Å²) in [6.45, 7) is 3.38. The lowest BCUT2D eigenvalue weighted by atomic mass is 10.1. The van der Waals surface area contributed by atoms with Crippen LogP contribution in [0.15, 0.2) is 30.6 Å². The largest absolute Gasteiger partial charge is 0.416 e. The van der Waals surface area contributed by atoms with Gasteiger partial charge in [0.25, 0.3) is 5.91 Å². The lowest BCUT2D eigenvalue weighted by molar-refractivity contribution is -0.144. The molecule has 3 heterocycles. The summed E-state index contributed by atoms with van der Waals surface area (Å²) < 4.78 is 45.8. The fraction of sp³-hybridized carbons (Fsp3) is 0.389. The number of nitrogens with zero attached hydrogens (tertiary/aromatic N) is 3. The summed E-state index contributed by atoms with van der Waals surface area (Å²) in [6, 6.07) is 3.53. The minimum absolute atomic E-state index is 0.00988. The second-order valence-electron chi connectivity index (χ2n) is 6.17. The SMILES string of the molecule is CCOC1(C(=O)NC)Cc2cnccc2N1c1cc(C(F)(F)F)cc(C)n1. The number of pyridine rings is 2. The highest BCUT2D eigenvalue weighted by atomic mass is 19.4. The minimum Gasteiger partial charge on any atom is -0.355 e. The van der Waals surface area contributed by atoms with Gasteiger partial charge in [-0.05, 0) is 37.6 Å². The number of alkyl halides is 3. The van der Waals surface area contributed by atoms with Gasteiger partial charge in [0, 0.05) is 38.2 Å². The van der Waals surface area contributed by atoms with E-state index in [1.54, 1.807) is 19.2 Å². The summed E-state index contributed by atoms with van der Waals surface area (Å²) >= 11 is 0. The number of hydrogen-bond donors (Lipinski definition) is 1. The second-order valence-corrected chi connectivity index (χ2v) is 6.17. The van der Waals surface area contributed by atoms with Gasteiger partial charge in [-0.1, -0.05) is 0 Å². The normalized spacial score (nSPS) is 19.1. The summed E-state index contributed by atoms with van der Waals surface area (Å²) in [4.78, 5) is 22.5. The molecule has 1 atom stereocenters. The van der Waals surface area contributed by atoms with Crippen LogP contribution < -0.4 is 10.2 Å². The molecule has 2 aromatic rings. The molecule has 1 unspecified atom stereocenters. The van der Waals surface area contributed by atoms with Gasteiger partial charge in [0.15, 0.2) is 0 Å². The zero-order valence-electron chi connectivity index (χ0n) is 15.1. The molecule has 0 saturated heterocycles. The van der Waals surface area contributed by atoms with Crippen LogP contribution in [0.3, 0.4) is 0 Å². The number of aryl methyl sites for hydroxylation is 1. The maximum Gasteiger partial charge on any atom is 0.416 e. The molecule has 0 bridgehead atoms. The van der Waals surface area contributed by atoms with E-state index < -0.39 is 23.4 Å². The third kappa shape index (κ3) is 3.23. The Labute approximate surface area is 154 Å². The van der Waals surface area contributed by atoms with Crippen LogP contribution in [0, 0.1) is 6.92 Å². The van der Waals surface area contributed by atoms with Crippen molar-refractivity contribution < 1.29 is 22.7 Å². The molecule has 1 amide bonds. The number of amides is 1. The van der Waals surface area contributed by atoms with E-state index in [0.29, 0.717) is 11.3 Å². The Morgan fingerprint density at radius 1 is 1.41 bits per heavy atom. The number of halogens is 3. The highest BCUT2D eigenvalue weighted by Crippen LogP contribution is 2.45. The summed E-state index contributed by atoms with van der Waals surface area (Å²) in [6.07, 6.45) is -1.31. The number of likely N-dealkylation sites (N-methyl/N-ethyl adjacent to an activating group) is 1. The lowest BCUT2D eigenvalue weighted by Gasteiger charge is -2.37. The monoisotopic (exact) mass is 380 g/mol. The molecule has 0 spiro atoms. The molecule has 144 valence electrons. The number of rotatable bonds is 4. The van der Waals surface area contributed by atoms with E-state index in [4.69, 9.17) is 4.74 Å². The van der Waals surface area contributed by atoms with Crippen LogP contribution in [0.2, 0.25) is 0 Å². The van der Waals surface area contributed by atoms with Gasteiger partial charge >= 0.3 is 6.18 Å². The Bertz CT molecular complexity index is 872. The number of fused-ring (bicyclic) bond motifs is 1. The van der Waals surface area contributed by atoms with Gasteiger partial charge < -0.3 is 10.1 Å². The van der Waals surface area contributed by atoms with Crippen molar-refractivity contribution in [3.63, 3.8) is 0 Å². The van der Waals surface area contributed by atoms with Crippen LogP contribution in [0.25, 0.3) is 0 Å². The minimum atomic E-state index is -4.54. The first-order valence-corrected chi connectivity index (χ1v) is 8.38. The molecule has 0 aromatic carbocycles. The van der Waals surface area contributed by atoms with Crippen molar-refractivity contribution in [1.82, 2.24) is 15.3 Å². The van der Waals surface area contributed by atoms with Gasteiger partial charge in [-0.2, -0.15) is 13.2 Å². The number of carbonyl (C=O) groups excluding carboxylic acids is 1. The third-order valence-electron chi connectivity index (χ3n) is 4.37. The van der Waals surface area contributed by atoms with Crippen LogP contribution in [0.1, 0.15) is 23.7 Å². The van der Waals surface area contributed by atoms with Crippen molar-refractivity contribution >= 4 is 17.4 Å². The Morgan fingerprint density at radius 2 is 2.15 bits per heavy atom. The van der Waals surface area contributed by atoms with E-state index >= 15 is 0 Å². The summed E-state index contributed by atoms with van der Waals surface area (Å²) in [7, 11) is 1.45. The molecule has 27 heavy (non-hydrogen) atoms. The second kappa shape index (κ2) is 6.80. The average molecular weight is 380 g/mol. The van der Waals surface area contributed by atoms with Crippen LogP contribution >= 0.6 is 0 Å². The summed E-state index contributed by atoms with van der Waals surface area (Å²) in [5.41, 5.74) is -0.974. The molecule has 1 N–H and O–H groups in total. The Hall–Kier alpha value is -2.68. The molecule has 9 heteroatoms. The van der Waals surface area contributed by atoms with E-state index in [9.17, 15) is 18.0 Å². The van der Waals surface area contributed by atoms with E-state index in [1.165, 1.54) is 25.1 Å². The van der Waals surface area contributed by atoms with Crippen molar-refractivity contribution in [3.05, 3.63) is 47.4 Å². The van der Waals surface area contributed by atoms with Crippen molar-refractivity contribution in [1.29, 1.82) is 0 Å². The summed E-state index contributed by atoms with van der Waals surface area (Å²) in [5.74, 6) is -0.485. The number of ether oxygens (including phenoxy) is 1. The highest BCUT2D eigenvalue weighted by Gasteiger charge is 2.52. The summed E-state index contributed by atoms with van der Waals surface area (Å²) in [5, 5.41) is 2.55. The predicted molar refractivity (Wildman–Crippen MR) is 92.5 cm³/mol. The Morgan fingerprint density at radius 3 is 2.78 bits per heavy atom. The molecule has 6 nitrogen and oxygen atoms in total. The van der Waals surface area contributed by atoms with Crippen LogP contribution in [0.4, 0.5) is 24.7 Å². The fourth-order valence-corrected chi connectivity index (χ4v) is 3.34. The smallest absolute Gasteiger partial charge is 0.355 e. The highest BCUT2D eigenvalue weighted by molar-refractivity contribution is 5.94. The predicted octanol–water partition coefficient (Wildman–Crippen LogP) is 2.98. The van der Waals surface area contributed by atoms with Gasteiger partial charge in [0.05, 0.1) is 11.3 Å². The van der Waals surface area contributed by atoms with Crippen molar-refractivity contribution in [2.75, 3.05) is 18.6 Å². The number of nitrogens with one attached hydrogen (secondary N) is 1. The number of hydrogen-bond acceptors (Lipinski definition) is 5. The lowest BCUT2D eigenvalue weighted by Crippen LogP contribution is -2.57. The van der Waals surface area contributed by atoms with Crippen molar-refractivity contribution in [2.24, 2.45) is 0 Å². The first kappa shape index (κ1) is 19.1. The molecular formula is C18H19F3N4O2. The van der Waals surface area contributed by atoms with Crippen molar-refractivity contribution in [2.45, 2.75) is 32.2 Å². The molecular weight excluding hydrogens is 361 g/mol. The molecule has 0 aliphatic carbocycles. The number of anilines is 2. The molecule has 2 aromatic heterocycles. The Kier molecular flexibility index (Phi) is 4.81. The topological polar surface area (TPSA) is 67.3 Å². The average Bonchev–Trinajstić information content (AvgIpc) is 2.95. The molecule has 0 saturated carbocycles. The molecule has 1 aliphatic heterocycles. The fourth-order valence-electron chi connectivity index (χ4n) is 3.34. The van der Waals surface area contributed by atoms with Gasteiger partial charge in [-0.25, -0.2) is 4.98 Å². The van der Waals surface area contributed by atoms with E-state index in [0.717, 1.165) is 12.1 Å². The zero-order valence-corrected chi connectivity index (χ0v) is 15.1. The van der Waals surface area contributed by atoms with Gasteiger partial charge in [0.1, 0.15) is 5.82 Å². The van der Waals surface area contributed by atoms with Gasteiger partial charge in [-0.15, -0.1) is 0 Å². The number of aromatic nitrogens is 2. The first-order chi connectivity index (χ1) is 12.7. The van der Waals surface area contributed by atoms with Gasteiger partial charge in [0.2, 0.25) is 5.72 Å². The maximum absolute atomic E-state index is 13.3. The maximum atomic E-state index is 13.3. The molecule has 1 aliphatic rings. The third-order valence-corrected chi connectivity index (χ3v) is 4.37. The van der Waals surface area contributed by atoms with E-state index in [2.05, 4.69) is 15.3 Å². The first-order valence-electron chi connectivity index (χ1n) is 8.38. The quantitative estimate of drug-likeness (QED) is 0.883. The van der Waals surface area contributed by atoms with Crippen LogP contribution in [-0.4, -0.2) is 35.3 Å². The van der Waals surface area contributed by atoms with Crippen molar-refractivity contribution in [3.8, 4) is 0 Å². The molecule has 3 rings (SSSR count). The van der Waals surface area contributed by atoms with Gasteiger partial charge in [-0.3, -0.25) is 14.7 Å². The van der Waals surface area contributed by atoms with E-state index in [1.807, 2.05) is 0 Å². The molecule has 0 fully saturated rings. The standard InChI is InChI=1S/C18H19F3N4O2/c1-4-27-17(16(26)22-3)9-12-10-23-6-5-14(12)25(17)15-8-13(18(19,20)21)7-11(2)24-15/h5-8,10H,4,9H2,1-3H3,(H,22,26). The molecule has 0 radical (unpaired) electrons. The number of carbonyl (C=O) groups is 1.